The number of rotatable bonds is 8. The second kappa shape index (κ2) is 8.83. The van der Waals surface area contributed by atoms with Gasteiger partial charge in [0.05, 0.1) is 17.1 Å². The summed E-state index contributed by atoms with van der Waals surface area (Å²) in [5.74, 6) is -0.593. The van der Waals surface area contributed by atoms with Crippen molar-refractivity contribution in [3.8, 4) is 0 Å². The SMILES string of the molecule is CCN(CC)S(=O)(=O)c1cc(C(=O)OCCN2CCCC2=O)ccc1Cl. The first-order valence-electron chi connectivity index (χ1n) is 8.55. The van der Waals surface area contributed by atoms with Crippen molar-refractivity contribution in [2.75, 3.05) is 32.8 Å². The van der Waals surface area contributed by atoms with E-state index in [-0.39, 0.29) is 28.0 Å². The molecule has 1 amide bonds. The van der Waals surface area contributed by atoms with Gasteiger partial charge in [0.25, 0.3) is 0 Å². The van der Waals surface area contributed by atoms with Crippen LogP contribution in [0.2, 0.25) is 5.02 Å². The lowest BCUT2D eigenvalue weighted by atomic mass is 10.2. The van der Waals surface area contributed by atoms with Crippen LogP contribution in [0.5, 0.6) is 0 Å². The molecule has 2 rings (SSSR count). The summed E-state index contributed by atoms with van der Waals surface area (Å²) in [5.41, 5.74) is 0.105. The predicted molar refractivity (Wildman–Crippen MR) is 97.7 cm³/mol. The Hall–Kier alpha value is -1.64. The van der Waals surface area contributed by atoms with Gasteiger partial charge in [-0.2, -0.15) is 4.31 Å². The molecule has 0 atom stereocenters. The van der Waals surface area contributed by atoms with Gasteiger partial charge in [0.2, 0.25) is 15.9 Å². The maximum absolute atomic E-state index is 12.7. The lowest BCUT2D eigenvalue weighted by molar-refractivity contribution is -0.128. The van der Waals surface area contributed by atoms with E-state index >= 15 is 0 Å². The van der Waals surface area contributed by atoms with E-state index in [0.717, 1.165) is 6.42 Å². The van der Waals surface area contributed by atoms with Crippen LogP contribution in [0.1, 0.15) is 37.0 Å². The van der Waals surface area contributed by atoms with Crippen molar-refractivity contribution < 1.29 is 22.7 Å². The molecule has 1 aromatic rings. The van der Waals surface area contributed by atoms with Crippen molar-refractivity contribution in [3.63, 3.8) is 0 Å². The first kappa shape index (κ1) is 20.7. The van der Waals surface area contributed by atoms with E-state index in [1.807, 2.05) is 0 Å². The Morgan fingerprint density at radius 2 is 2.00 bits per heavy atom. The summed E-state index contributed by atoms with van der Waals surface area (Å²) in [6.07, 6.45) is 1.34. The van der Waals surface area contributed by atoms with Gasteiger partial charge in [-0.05, 0) is 24.6 Å². The van der Waals surface area contributed by atoms with E-state index in [0.29, 0.717) is 32.6 Å². The molecule has 0 unspecified atom stereocenters. The highest BCUT2D eigenvalue weighted by atomic mass is 35.5. The van der Waals surface area contributed by atoms with Crippen molar-refractivity contribution in [3.05, 3.63) is 28.8 Å². The van der Waals surface area contributed by atoms with E-state index < -0.39 is 16.0 Å². The lowest BCUT2D eigenvalue weighted by Gasteiger charge is -2.19. The summed E-state index contributed by atoms with van der Waals surface area (Å²) in [7, 11) is -3.79. The van der Waals surface area contributed by atoms with Crippen molar-refractivity contribution in [1.29, 1.82) is 0 Å². The van der Waals surface area contributed by atoms with Crippen molar-refractivity contribution in [2.24, 2.45) is 0 Å². The van der Waals surface area contributed by atoms with Crippen LogP contribution >= 0.6 is 11.6 Å². The van der Waals surface area contributed by atoms with Gasteiger partial charge in [0, 0.05) is 26.1 Å². The number of amides is 1. The Bertz CT molecular complexity index is 777. The number of carbonyl (C=O) groups excluding carboxylic acids is 2. The predicted octanol–water partition coefficient (Wildman–Crippen LogP) is 2.15. The zero-order valence-corrected chi connectivity index (χ0v) is 16.5. The molecule has 0 aromatic heterocycles. The third kappa shape index (κ3) is 4.55. The highest BCUT2D eigenvalue weighted by Gasteiger charge is 2.26. The highest BCUT2D eigenvalue weighted by Crippen LogP contribution is 2.26. The van der Waals surface area contributed by atoms with Gasteiger partial charge < -0.3 is 9.64 Å². The molecule has 1 aliphatic heterocycles. The first-order valence-corrected chi connectivity index (χ1v) is 10.4. The van der Waals surface area contributed by atoms with Gasteiger partial charge in [-0.25, -0.2) is 13.2 Å². The van der Waals surface area contributed by atoms with Gasteiger partial charge in [-0.15, -0.1) is 0 Å². The Morgan fingerprint density at radius 3 is 2.58 bits per heavy atom. The van der Waals surface area contributed by atoms with E-state index in [4.69, 9.17) is 16.3 Å². The van der Waals surface area contributed by atoms with Gasteiger partial charge in [-0.3, -0.25) is 4.79 Å². The third-order valence-corrected chi connectivity index (χ3v) is 6.79. The Kier molecular flexibility index (Phi) is 7.02. The lowest BCUT2D eigenvalue weighted by Crippen LogP contribution is -2.31. The summed E-state index contributed by atoms with van der Waals surface area (Å²) in [5, 5.41) is 0.0520. The number of halogens is 1. The molecule has 26 heavy (non-hydrogen) atoms. The second-order valence-electron chi connectivity index (χ2n) is 5.85. The molecule has 9 heteroatoms. The Morgan fingerprint density at radius 1 is 1.31 bits per heavy atom. The zero-order valence-electron chi connectivity index (χ0n) is 14.9. The van der Waals surface area contributed by atoms with Crippen LogP contribution in [0.3, 0.4) is 0 Å². The van der Waals surface area contributed by atoms with E-state index in [1.165, 1.54) is 22.5 Å². The molecule has 0 spiro atoms. The number of nitrogens with zero attached hydrogens (tertiary/aromatic N) is 2. The number of hydrogen-bond acceptors (Lipinski definition) is 5. The van der Waals surface area contributed by atoms with Crippen molar-refractivity contribution in [2.45, 2.75) is 31.6 Å². The average Bonchev–Trinajstić information content (AvgIpc) is 3.01. The summed E-state index contributed by atoms with van der Waals surface area (Å²) in [6, 6.07) is 4.03. The monoisotopic (exact) mass is 402 g/mol. The van der Waals surface area contributed by atoms with Crippen LogP contribution in [0.4, 0.5) is 0 Å². The molecule has 144 valence electrons. The fourth-order valence-electron chi connectivity index (χ4n) is 2.80. The van der Waals surface area contributed by atoms with E-state index in [9.17, 15) is 18.0 Å². The standard InChI is InChI=1S/C17H23ClN2O5S/c1-3-20(4-2)26(23,24)15-12-13(7-8-14(15)18)17(22)25-11-10-19-9-5-6-16(19)21/h7-8,12H,3-6,9-11H2,1-2H3. The third-order valence-electron chi connectivity index (χ3n) is 4.26. The molecular weight excluding hydrogens is 380 g/mol. The Balaban J connectivity index is 2.10. The molecule has 1 saturated heterocycles. The zero-order chi connectivity index (χ0) is 19.3. The molecule has 0 bridgehead atoms. The molecule has 0 radical (unpaired) electrons. The molecule has 1 heterocycles. The number of esters is 1. The minimum Gasteiger partial charge on any atom is -0.460 e. The average molecular weight is 403 g/mol. The van der Waals surface area contributed by atoms with E-state index in [1.54, 1.807) is 18.7 Å². The molecule has 0 aliphatic carbocycles. The van der Waals surface area contributed by atoms with Crippen LogP contribution in [0, 0.1) is 0 Å². The number of sulfonamides is 1. The quantitative estimate of drug-likeness (QED) is 0.622. The number of carbonyl (C=O) groups is 2. The Labute approximate surface area is 158 Å². The van der Waals surface area contributed by atoms with Crippen LogP contribution in [-0.4, -0.2) is 62.3 Å². The smallest absolute Gasteiger partial charge is 0.338 e. The number of benzene rings is 1. The molecule has 1 fully saturated rings. The fourth-order valence-corrected chi connectivity index (χ4v) is 4.76. The second-order valence-corrected chi connectivity index (χ2v) is 8.17. The minimum absolute atomic E-state index is 0.0520. The molecule has 1 aromatic carbocycles. The van der Waals surface area contributed by atoms with Crippen LogP contribution < -0.4 is 0 Å². The van der Waals surface area contributed by atoms with Crippen LogP contribution in [0.25, 0.3) is 0 Å². The minimum atomic E-state index is -3.79. The van der Waals surface area contributed by atoms with Gasteiger partial charge >= 0.3 is 5.97 Å². The first-order chi connectivity index (χ1) is 12.3. The topological polar surface area (TPSA) is 84.0 Å². The maximum atomic E-state index is 12.7. The molecular formula is C17H23ClN2O5S. The highest BCUT2D eigenvalue weighted by molar-refractivity contribution is 7.89. The number of hydrogen-bond donors (Lipinski definition) is 0. The summed E-state index contributed by atoms with van der Waals surface area (Å²) < 4.78 is 31.8. The fraction of sp³-hybridized carbons (Fsp3) is 0.529. The van der Waals surface area contributed by atoms with Gasteiger partial charge in [0.1, 0.15) is 11.5 Å². The van der Waals surface area contributed by atoms with Gasteiger partial charge in [-0.1, -0.05) is 25.4 Å². The molecule has 0 saturated carbocycles. The maximum Gasteiger partial charge on any atom is 0.338 e. The van der Waals surface area contributed by atoms with Crippen molar-refractivity contribution >= 4 is 33.5 Å². The number of likely N-dealkylation sites (tertiary alicyclic amines) is 1. The van der Waals surface area contributed by atoms with Crippen LogP contribution in [0.15, 0.2) is 23.1 Å². The summed E-state index contributed by atoms with van der Waals surface area (Å²) >= 11 is 6.05. The normalized spacial score (nSPS) is 14.9. The molecule has 7 nitrogen and oxygen atoms in total. The van der Waals surface area contributed by atoms with Gasteiger partial charge in [0.15, 0.2) is 0 Å². The number of ether oxygens (including phenoxy) is 1. The summed E-state index contributed by atoms with van der Waals surface area (Å²) in [4.78, 5) is 25.3. The molecule has 0 N–H and O–H groups in total. The molecule has 1 aliphatic rings. The van der Waals surface area contributed by atoms with E-state index in [2.05, 4.69) is 0 Å². The summed E-state index contributed by atoms with van der Waals surface area (Å²) in [6.45, 7) is 5.12. The van der Waals surface area contributed by atoms with Crippen LogP contribution in [-0.2, 0) is 19.6 Å². The largest absolute Gasteiger partial charge is 0.460 e. The van der Waals surface area contributed by atoms with Crippen molar-refractivity contribution in [1.82, 2.24) is 9.21 Å².